The van der Waals surface area contributed by atoms with Crippen molar-refractivity contribution in [1.82, 2.24) is 5.32 Å². The lowest BCUT2D eigenvalue weighted by Gasteiger charge is -2.38. The predicted octanol–water partition coefficient (Wildman–Crippen LogP) is 2.94. The Hall–Kier alpha value is -0.570. The first-order valence-electron chi connectivity index (χ1n) is 8.53. The molecule has 0 aromatic heterocycles. The van der Waals surface area contributed by atoms with Gasteiger partial charge in [-0.05, 0) is 55.9 Å². The van der Waals surface area contributed by atoms with E-state index in [4.69, 9.17) is 5.73 Å². The van der Waals surface area contributed by atoms with Gasteiger partial charge in [0.15, 0.2) is 0 Å². The summed E-state index contributed by atoms with van der Waals surface area (Å²) in [6.07, 6.45) is 7.04. The van der Waals surface area contributed by atoms with E-state index in [9.17, 15) is 4.79 Å². The molecule has 2 fully saturated rings. The predicted molar refractivity (Wildman–Crippen MR) is 83.2 cm³/mol. The monoisotopic (exact) mass is 280 g/mol. The molecule has 5 atom stereocenters. The zero-order valence-corrected chi connectivity index (χ0v) is 13.4. The van der Waals surface area contributed by atoms with Gasteiger partial charge in [0.25, 0.3) is 0 Å². The second kappa shape index (κ2) is 6.93. The highest BCUT2D eigenvalue weighted by atomic mass is 16.2. The van der Waals surface area contributed by atoms with Gasteiger partial charge in [0.2, 0.25) is 5.91 Å². The molecule has 20 heavy (non-hydrogen) atoms. The molecule has 0 aromatic rings. The third-order valence-electron chi connectivity index (χ3n) is 5.65. The minimum absolute atomic E-state index is 0.171. The standard InChI is InChI=1S/C17H32N2O/c1-11(2)14-8-7-12(3)9-16(14)19-17(20)15-6-4-5-13(15)10-18/h11-16H,4-10,18H2,1-3H3,(H,19,20). The SMILES string of the molecule is CC1CCC(C(C)C)C(NC(=O)C2CCCC2CN)C1. The number of rotatable bonds is 4. The third kappa shape index (κ3) is 3.55. The molecule has 2 rings (SSSR count). The van der Waals surface area contributed by atoms with Crippen molar-refractivity contribution in [3.63, 3.8) is 0 Å². The van der Waals surface area contributed by atoms with Crippen molar-refractivity contribution in [1.29, 1.82) is 0 Å². The van der Waals surface area contributed by atoms with E-state index in [0.717, 1.165) is 31.6 Å². The van der Waals surface area contributed by atoms with Crippen LogP contribution >= 0.6 is 0 Å². The van der Waals surface area contributed by atoms with Crippen molar-refractivity contribution in [2.24, 2.45) is 35.3 Å². The normalized spacial score (nSPS) is 38.1. The van der Waals surface area contributed by atoms with Crippen LogP contribution in [-0.4, -0.2) is 18.5 Å². The fourth-order valence-corrected chi connectivity index (χ4v) is 4.32. The molecule has 116 valence electrons. The lowest BCUT2D eigenvalue weighted by molar-refractivity contribution is -0.127. The van der Waals surface area contributed by atoms with Gasteiger partial charge in [0.05, 0.1) is 0 Å². The van der Waals surface area contributed by atoms with Gasteiger partial charge in [-0.15, -0.1) is 0 Å². The Morgan fingerprint density at radius 1 is 1.25 bits per heavy atom. The topological polar surface area (TPSA) is 55.1 Å². The molecule has 2 aliphatic carbocycles. The molecule has 1 amide bonds. The van der Waals surface area contributed by atoms with Crippen LogP contribution in [-0.2, 0) is 4.79 Å². The van der Waals surface area contributed by atoms with Crippen LogP contribution in [0.5, 0.6) is 0 Å². The van der Waals surface area contributed by atoms with Crippen LogP contribution < -0.4 is 11.1 Å². The fourth-order valence-electron chi connectivity index (χ4n) is 4.32. The maximum absolute atomic E-state index is 12.6. The number of nitrogens with two attached hydrogens (primary N) is 1. The molecule has 0 spiro atoms. The number of carbonyl (C=O) groups excluding carboxylic acids is 1. The van der Waals surface area contributed by atoms with E-state index < -0.39 is 0 Å². The van der Waals surface area contributed by atoms with E-state index in [0.29, 0.717) is 30.3 Å². The summed E-state index contributed by atoms with van der Waals surface area (Å²) < 4.78 is 0. The van der Waals surface area contributed by atoms with E-state index in [-0.39, 0.29) is 11.8 Å². The van der Waals surface area contributed by atoms with Gasteiger partial charge in [-0.3, -0.25) is 4.79 Å². The Kier molecular flexibility index (Phi) is 5.48. The molecular formula is C17H32N2O. The van der Waals surface area contributed by atoms with Crippen LogP contribution in [0.4, 0.5) is 0 Å². The molecule has 2 saturated carbocycles. The Labute approximate surface area is 124 Å². The average molecular weight is 280 g/mol. The summed E-state index contributed by atoms with van der Waals surface area (Å²) in [6.45, 7) is 7.55. The molecule has 0 saturated heterocycles. The summed E-state index contributed by atoms with van der Waals surface area (Å²) in [7, 11) is 0. The minimum Gasteiger partial charge on any atom is -0.353 e. The molecule has 0 aliphatic heterocycles. The van der Waals surface area contributed by atoms with Gasteiger partial charge in [-0.25, -0.2) is 0 Å². The highest BCUT2D eigenvalue weighted by Crippen LogP contribution is 2.35. The van der Waals surface area contributed by atoms with Crippen LogP contribution in [0.1, 0.15) is 59.3 Å². The largest absolute Gasteiger partial charge is 0.353 e. The molecule has 3 N–H and O–H groups in total. The number of hydrogen-bond donors (Lipinski definition) is 2. The van der Waals surface area contributed by atoms with Gasteiger partial charge in [0, 0.05) is 12.0 Å². The van der Waals surface area contributed by atoms with Gasteiger partial charge in [-0.2, -0.15) is 0 Å². The second-order valence-electron chi connectivity index (χ2n) is 7.47. The molecule has 0 aromatic carbocycles. The lowest BCUT2D eigenvalue weighted by Crippen LogP contribution is -2.48. The van der Waals surface area contributed by atoms with Crippen molar-refractivity contribution in [3.8, 4) is 0 Å². The Bertz CT molecular complexity index is 329. The summed E-state index contributed by atoms with van der Waals surface area (Å²) in [4.78, 5) is 12.6. The van der Waals surface area contributed by atoms with Crippen LogP contribution in [0.25, 0.3) is 0 Å². The number of nitrogens with one attached hydrogen (secondary N) is 1. The molecule has 0 bridgehead atoms. The first-order chi connectivity index (χ1) is 9.52. The van der Waals surface area contributed by atoms with Crippen LogP contribution in [0, 0.1) is 29.6 Å². The third-order valence-corrected chi connectivity index (χ3v) is 5.65. The van der Waals surface area contributed by atoms with Crippen molar-refractivity contribution < 1.29 is 4.79 Å². The molecule has 3 heteroatoms. The van der Waals surface area contributed by atoms with Crippen molar-refractivity contribution in [3.05, 3.63) is 0 Å². The summed E-state index contributed by atoms with van der Waals surface area (Å²) in [6, 6.07) is 0.380. The van der Waals surface area contributed by atoms with Crippen LogP contribution in [0.15, 0.2) is 0 Å². The molecule has 0 radical (unpaired) electrons. The zero-order chi connectivity index (χ0) is 14.7. The maximum atomic E-state index is 12.6. The summed E-state index contributed by atoms with van der Waals surface area (Å²) in [5.74, 6) is 2.90. The summed E-state index contributed by atoms with van der Waals surface area (Å²) in [5, 5.41) is 3.39. The minimum atomic E-state index is 0.171. The highest BCUT2D eigenvalue weighted by Gasteiger charge is 2.36. The van der Waals surface area contributed by atoms with E-state index in [1.807, 2.05) is 0 Å². The first-order valence-corrected chi connectivity index (χ1v) is 8.53. The van der Waals surface area contributed by atoms with Crippen LogP contribution in [0.2, 0.25) is 0 Å². The number of carbonyl (C=O) groups is 1. The van der Waals surface area contributed by atoms with Gasteiger partial charge in [0.1, 0.15) is 0 Å². The quantitative estimate of drug-likeness (QED) is 0.832. The second-order valence-corrected chi connectivity index (χ2v) is 7.47. The molecule has 0 heterocycles. The maximum Gasteiger partial charge on any atom is 0.223 e. The number of amides is 1. The van der Waals surface area contributed by atoms with Crippen LogP contribution in [0.3, 0.4) is 0 Å². The van der Waals surface area contributed by atoms with E-state index in [1.165, 1.54) is 12.8 Å². The molecule has 3 nitrogen and oxygen atoms in total. The van der Waals surface area contributed by atoms with Crippen molar-refractivity contribution in [2.75, 3.05) is 6.54 Å². The Morgan fingerprint density at radius 3 is 2.65 bits per heavy atom. The van der Waals surface area contributed by atoms with Gasteiger partial charge in [-0.1, -0.05) is 33.6 Å². The molecule has 2 aliphatic rings. The highest BCUT2D eigenvalue weighted by molar-refractivity contribution is 5.79. The molecular weight excluding hydrogens is 248 g/mol. The summed E-state index contributed by atoms with van der Waals surface area (Å²) >= 11 is 0. The van der Waals surface area contributed by atoms with Gasteiger partial charge < -0.3 is 11.1 Å². The smallest absolute Gasteiger partial charge is 0.223 e. The van der Waals surface area contributed by atoms with E-state index >= 15 is 0 Å². The van der Waals surface area contributed by atoms with Crippen molar-refractivity contribution >= 4 is 5.91 Å². The molecule has 5 unspecified atom stereocenters. The Morgan fingerprint density at radius 2 is 2.00 bits per heavy atom. The first kappa shape index (κ1) is 15.8. The zero-order valence-electron chi connectivity index (χ0n) is 13.4. The number of hydrogen-bond acceptors (Lipinski definition) is 2. The lowest BCUT2D eigenvalue weighted by atomic mass is 9.74. The average Bonchev–Trinajstić information content (AvgIpc) is 2.86. The van der Waals surface area contributed by atoms with E-state index in [2.05, 4.69) is 26.1 Å². The Balaban J connectivity index is 1.97. The van der Waals surface area contributed by atoms with Gasteiger partial charge >= 0.3 is 0 Å². The summed E-state index contributed by atoms with van der Waals surface area (Å²) in [5.41, 5.74) is 5.81. The van der Waals surface area contributed by atoms with E-state index in [1.54, 1.807) is 0 Å². The fraction of sp³-hybridized carbons (Fsp3) is 0.941. The van der Waals surface area contributed by atoms with Crippen molar-refractivity contribution in [2.45, 2.75) is 65.3 Å².